The predicted molar refractivity (Wildman–Crippen MR) is 98.5 cm³/mol. The molecule has 5 nitrogen and oxygen atoms in total. The van der Waals surface area contributed by atoms with Crippen molar-refractivity contribution in [3.8, 4) is 5.75 Å². The van der Waals surface area contributed by atoms with Crippen LogP contribution >= 0.6 is 0 Å². The van der Waals surface area contributed by atoms with Gasteiger partial charge < -0.3 is 14.5 Å². The number of imidazole rings is 1. The van der Waals surface area contributed by atoms with Gasteiger partial charge in [-0.2, -0.15) is 0 Å². The van der Waals surface area contributed by atoms with E-state index in [1.54, 1.807) is 18.2 Å². The average molecular weight is 334 g/mol. The van der Waals surface area contributed by atoms with Gasteiger partial charge in [-0.1, -0.05) is 36.9 Å². The van der Waals surface area contributed by atoms with Crippen molar-refractivity contribution in [2.45, 2.75) is 0 Å². The molecular weight excluding hydrogens is 316 g/mol. The summed E-state index contributed by atoms with van der Waals surface area (Å²) in [7, 11) is 1.36. The molecule has 0 aliphatic rings. The number of benzene rings is 2. The average Bonchev–Trinajstić information content (AvgIpc) is 3.08. The zero-order valence-electron chi connectivity index (χ0n) is 13.9. The summed E-state index contributed by atoms with van der Waals surface area (Å²) in [5, 5.41) is 0. The highest BCUT2D eigenvalue weighted by Crippen LogP contribution is 2.19. The Morgan fingerprint density at radius 1 is 1.20 bits per heavy atom. The number of carbonyl (C=O) groups is 1. The van der Waals surface area contributed by atoms with Crippen LogP contribution in [0, 0.1) is 0 Å². The van der Waals surface area contributed by atoms with E-state index in [0.29, 0.717) is 23.5 Å². The van der Waals surface area contributed by atoms with Crippen molar-refractivity contribution >= 4 is 29.2 Å². The quantitative estimate of drug-likeness (QED) is 0.545. The molecule has 3 rings (SSSR count). The first-order valence-corrected chi connectivity index (χ1v) is 7.80. The number of esters is 1. The van der Waals surface area contributed by atoms with Gasteiger partial charge >= 0.3 is 5.97 Å². The Labute approximate surface area is 145 Å². The van der Waals surface area contributed by atoms with E-state index in [9.17, 15) is 4.79 Å². The lowest BCUT2D eigenvalue weighted by atomic mass is 10.2. The number of H-pyrrole nitrogens is 1. The number of fused-ring (bicyclic) bond motifs is 1. The molecule has 2 aromatic carbocycles. The number of aromatic amines is 1. The number of hydrogen-bond donors (Lipinski definition) is 1. The van der Waals surface area contributed by atoms with E-state index in [-0.39, 0.29) is 0 Å². The molecule has 0 aliphatic heterocycles. The molecule has 0 unspecified atom stereocenters. The van der Waals surface area contributed by atoms with Gasteiger partial charge in [0.05, 0.1) is 18.2 Å². The molecule has 0 amide bonds. The lowest BCUT2D eigenvalue weighted by Crippen LogP contribution is -2.01. The molecule has 0 saturated carbocycles. The van der Waals surface area contributed by atoms with Crippen molar-refractivity contribution in [1.82, 2.24) is 9.97 Å². The highest BCUT2D eigenvalue weighted by Gasteiger charge is 2.12. The maximum Gasteiger partial charge on any atom is 0.340 e. The van der Waals surface area contributed by atoms with Gasteiger partial charge in [-0.25, -0.2) is 9.78 Å². The fourth-order valence-electron chi connectivity index (χ4n) is 2.41. The van der Waals surface area contributed by atoms with E-state index in [0.717, 1.165) is 16.8 Å². The van der Waals surface area contributed by atoms with Crippen LogP contribution in [0.4, 0.5) is 0 Å². The van der Waals surface area contributed by atoms with Crippen LogP contribution in [0.5, 0.6) is 5.75 Å². The van der Waals surface area contributed by atoms with Gasteiger partial charge in [0.2, 0.25) is 0 Å². The number of hydrogen-bond acceptors (Lipinski definition) is 4. The van der Waals surface area contributed by atoms with Crippen molar-refractivity contribution in [3.63, 3.8) is 0 Å². The summed E-state index contributed by atoms with van der Waals surface area (Å²) in [4.78, 5) is 19.5. The zero-order chi connectivity index (χ0) is 17.6. The minimum Gasteiger partial charge on any atom is -0.490 e. The SMILES string of the molecule is C=CCOc1ccc(C=Cc2nc3c(C(=O)OC)cccc3[nH]2)cc1. The highest BCUT2D eigenvalue weighted by atomic mass is 16.5. The predicted octanol–water partition coefficient (Wildman–Crippen LogP) is 4.08. The molecule has 0 aliphatic carbocycles. The third-order valence-corrected chi connectivity index (χ3v) is 3.62. The lowest BCUT2D eigenvalue weighted by Gasteiger charge is -2.02. The van der Waals surface area contributed by atoms with Crippen LogP contribution in [0.25, 0.3) is 23.2 Å². The van der Waals surface area contributed by atoms with E-state index < -0.39 is 5.97 Å². The fraction of sp³-hybridized carbons (Fsp3) is 0.100. The molecule has 25 heavy (non-hydrogen) atoms. The maximum absolute atomic E-state index is 11.8. The molecule has 0 atom stereocenters. The molecule has 0 radical (unpaired) electrons. The van der Waals surface area contributed by atoms with Gasteiger partial charge in [0, 0.05) is 0 Å². The monoisotopic (exact) mass is 334 g/mol. The van der Waals surface area contributed by atoms with Crippen molar-refractivity contribution in [2.75, 3.05) is 13.7 Å². The van der Waals surface area contributed by atoms with Gasteiger partial charge in [-0.3, -0.25) is 0 Å². The molecule has 126 valence electrons. The zero-order valence-corrected chi connectivity index (χ0v) is 13.9. The van der Waals surface area contributed by atoms with Crippen LogP contribution in [0.1, 0.15) is 21.7 Å². The minimum absolute atomic E-state index is 0.400. The second kappa shape index (κ2) is 7.49. The van der Waals surface area contributed by atoms with E-state index in [1.807, 2.05) is 42.5 Å². The topological polar surface area (TPSA) is 64.2 Å². The first kappa shape index (κ1) is 16.5. The minimum atomic E-state index is -0.400. The molecular formula is C20H18N2O3. The van der Waals surface area contributed by atoms with E-state index in [2.05, 4.69) is 16.5 Å². The summed E-state index contributed by atoms with van der Waals surface area (Å²) < 4.78 is 10.2. The summed E-state index contributed by atoms with van der Waals surface area (Å²) >= 11 is 0. The van der Waals surface area contributed by atoms with Crippen LogP contribution in [0.15, 0.2) is 55.1 Å². The number of methoxy groups -OCH3 is 1. The Morgan fingerprint density at radius 2 is 2.00 bits per heavy atom. The molecule has 5 heteroatoms. The molecule has 0 bridgehead atoms. The van der Waals surface area contributed by atoms with Gasteiger partial charge in [-0.15, -0.1) is 0 Å². The van der Waals surface area contributed by atoms with Crippen LogP contribution < -0.4 is 4.74 Å². The maximum atomic E-state index is 11.8. The number of ether oxygens (including phenoxy) is 2. The van der Waals surface area contributed by atoms with Gasteiger partial charge in [0.1, 0.15) is 23.7 Å². The molecule has 0 spiro atoms. The van der Waals surface area contributed by atoms with E-state index in [4.69, 9.17) is 9.47 Å². The highest BCUT2D eigenvalue weighted by molar-refractivity contribution is 6.02. The number of carbonyl (C=O) groups excluding carboxylic acids is 1. The number of aromatic nitrogens is 2. The first-order chi connectivity index (χ1) is 12.2. The second-order valence-corrected chi connectivity index (χ2v) is 5.32. The van der Waals surface area contributed by atoms with E-state index >= 15 is 0 Å². The third-order valence-electron chi connectivity index (χ3n) is 3.62. The Morgan fingerprint density at radius 3 is 2.72 bits per heavy atom. The van der Waals surface area contributed by atoms with Gasteiger partial charge in [-0.05, 0) is 35.9 Å². The van der Waals surface area contributed by atoms with Gasteiger partial charge in [0.25, 0.3) is 0 Å². The van der Waals surface area contributed by atoms with E-state index in [1.165, 1.54) is 7.11 Å². The lowest BCUT2D eigenvalue weighted by molar-refractivity contribution is 0.0603. The summed E-state index contributed by atoms with van der Waals surface area (Å²) in [6, 6.07) is 13.1. The summed E-state index contributed by atoms with van der Waals surface area (Å²) in [6.07, 6.45) is 5.51. The summed E-state index contributed by atoms with van der Waals surface area (Å²) in [5.41, 5.74) is 2.84. The Balaban J connectivity index is 1.81. The van der Waals surface area contributed by atoms with Crippen molar-refractivity contribution in [2.24, 2.45) is 0 Å². The van der Waals surface area contributed by atoms with Crippen LogP contribution in [-0.2, 0) is 4.74 Å². The van der Waals surface area contributed by atoms with Crippen molar-refractivity contribution < 1.29 is 14.3 Å². The third kappa shape index (κ3) is 3.77. The molecule has 1 aromatic heterocycles. The Bertz CT molecular complexity index is 924. The second-order valence-electron chi connectivity index (χ2n) is 5.32. The van der Waals surface area contributed by atoms with Crippen LogP contribution in [0.3, 0.4) is 0 Å². The fourth-order valence-corrected chi connectivity index (χ4v) is 2.41. The van der Waals surface area contributed by atoms with Gasteiger partial charge in [0.15, 0.2) is 0 Å². The normalized spacial score (nSPS) is 10.9. The number of rotatable bonds is 6. The van der Waals surface area contributed by atoms with Crippen LogP contribution in [0.2, 0.25) is 0 Å². The Kier molecular flexibility index (Phi) is 4.95. The molecule has 3 aromatic rings. The molecule has 0 saturated heterocycles. The smallest absolute Gasteiger partial charge is 0.340 e. The number of para-hydroxylation sites is 1. The van der Waals surface area contributed by atoms with Crippen LogP contribution in [-0.4, -0.2) is 29.7 Å². The first-order valence-electron chi connectivity index (χ1n) is 7.80. The summed E-state index contributed by atoms with van der Waals surface area (Å²) in [5.74, 6) is 1.06. The Hall–Kier alpha value is -3.34. The number of nitrogens with zero attached hydrogens (tertiary/aromatic N) is 1. The summed E-state index contributed by atoms with van der Waals surface area (Å²) in [6.45, 7) is 4.10. The molecule has 1 heterocycles. The standard InChI is InChI=1S/C20H18N2O3/c1-3-13-25-15-10-7-14(8-11-15)9-12-18-21-17-6-4-5-16(19(17)22-18)20(23)24-2/h3-12H,1,13H2,2H3,(H,21,22). The largest absolute Gasteiger partial charge is 0.490 e. The van der Waals surface area contributed by atoms with Crippen molar-refractivity contribution in [1.29, 1.82) is 0 Å². The molecule has 0 fully saturated rings. The van der Waals surface area contributed by atoms with Crippen molar-refractivity contribution in [3.05, 3.63) is 72.1 Å². The number of nitrogens with one attached hydrogen (secondary N) is 1. The molecule has 1 N–H and O–H groups in total.